The molecule has 1 aromatic carbocycles. The van der Waals surface area contributed by atoms with E-state index in [9.17, 15) is 0 Å². The number of furan rings is 1. The molecule has 0 atom stereocenters. The molecule has 0 fully saturated rings. The third kappa shape index (κ3) is 3.51. The first-order valence-electron chi connectivity index (χ1n) is 6.61. The smallest absolute Gasteiger partial charge is 0.232 e. The van der Waals surface area contributed by atoms with Crippen molar-refractivity contribution in [2.45, 2.75) is 6.54 Å². The fourth-order valence-corrected chi connectivity index (χ4v) is 1.78. The summed E-state index contributed by atoms with van der Waals surface area (Å²) in [4.78, 5) is 12.2. The average molecular weight is 296 g/mol. The molecule has 2 aromatic heterocycles. The van der Waals surface area contributed by atoms with Crippen molar-refractivity contribution in [3.05, 3.63) is 54.7 Å². The van der Waals surface area contributed by atoms with E-state index in [1.165, 1.54) is 0 Å². The monoisotopic (exact) mass is 296 g/mol. The van der Waals surface area contributed by atoms with Gasteiger partial charge in [0, 0.05) is 17.8 Å². The quantitative estimate of drug-likeness (QED) is 0.723. The van der Waals surface area contributed by atoms with Gasteiger partial charge in [-0.2, -0.15) is 15.0 Å². The van der Waals surface area contributed by atoms with Crippen LogP contribution < -0.4 is 15.4 Å². The SMILES string of the molecule is COc1ccc(Nc2n[c]nc(NCc3ccoc3)n2)cc1. The van der Waals surface area contributed by atoms with Gasteiger partial charge >= 0.3 is 0 Å². The van der Waals surface area contributed by atoms with Gasteiger partial charge in [-0.3, -0.25) is 0 Å². The largest absolute Gasteiger partial charge is 0.497 e. The van der Waals surface area contributed by atoms with E-state index in [0.717, 1.165) is 17.0 Å². The standard InChI is InChI=1S/C15H14N5O2/c1-21-13-4-2-12(3-5-13)19-15-18-10-17-14(20-15)16-8-11-6-7-22-9-11/h2-7,9H,8H2,1H3,(H2,16,17,18,19,20). The Labute approximate surface area is 127 Å². The maximum absolute atomic E-state index is 5.11. The molecule has 22 heavy (non-hydrogen) atoms. The first-order valence-corrected chi connectivity index (χ1v) is 6.61. The second-order valence-corrected chi connectivity index (χ2v) is 4.42. The minimum Gasteiger partial charge on any atom is -0.497 e. The topological polar surface area (TPSA) is 85.1 Å². The van der Waals surface area contributed by atoms with E-state index in [4.69, 9.17) is 9.15 Å². The van der Waals surface area contributed by atoms with Crippen LogP contribution in [0.25, 0.3) is 0 Å². The van der Waals surface area contributed by atoms with Gasteiger partial charge in [-0.25, -0.2) is 0 Å². The summed E-state index contributed by atoms with van der Waals surface area (Å²) < 4.78 is 10.1. The number of methoxy groups -OCH3 is 1. The third-order valence-corrected chi connectivity index (χ3v) is 2.90. The second kappa shape index (κ2) is 6.57. The van der Waals surface area contributed by atoms with Crippen molar-refractivity contribution in [1.82, 2.24) is 15.0 Å². The zero-order valence-electron chi connectivity index (χ0n) is 11.9. The van der Waals surface area contributed by atoms with Gasteiger partial charge in [0.25, 0.3) is 0 Å². The summed E-state index contributed by atoms with van der Waals surface area (Å²) in [6.45, 7) is 0.566. The maximum Gasteiger partial charge on any atom is 0.232 e. The van der Waals surface area contributed by atoms with Crippen molar-refractivity contribution >= 4 is 17.6 Å². The Morgan fingerprint density at radius 1 is 1.14 bits per heavy atom. The molecule has 0 aliphatic carbocycles. The highest BCUT2D eigenvalue weighted by Gasteiger charge is 2.03. The van der Waals surface area contributed by atoms with E-state index in [2.05, 4.69) is 31.9 Å². The highest BCUT2D eigenvalue weighted by atomic mass is 16.5. The van der Waals surface area contributed by atoms with Crippen LogP contribution in [0.3, 0.4) is 0 Å². The molecule has 2 heterocycles. The van der Waals surface area contributed by atoms with E-state index < -0.39 is 0 Å². The molecule has 0 aliphatic heterocycles. The van der Waals surface area contributed by atoms with Crippen LogP contribution in [0.5, 0.6) is 5.75 Å². The Balaban J connectivity index is 1.65. The number of benzene rings is 1. The molecule has 0 aliphatic rings. The summed E-state index contributed by atoms with van der Waals surface area (Å²) in [5.41, 5.74) is 1.85. The molecule has 2 N–H and O–H groups in total. The lowest BCUT2D eigenvalue weighted by Crippen LogP contribution is -2.06. The van der Waals surface area contributed by atoms with Gasteiger partial charge in [0.1, 0.15) is 5.75 Å². The molecular weight excluding hydrogens is 282 g/mol. The number of hydrogen-bond acceptors (Lipinski definition) is 7. The van der Waals surface area contributed by atoms with Crippen molar-refractivity contribution in [1.29, 1.82) is 0 Å². The van der Waals surface area contributed by atoms with Gasteiger partial charge in [-0.15, -0.1) is 0 Å². The molecule has 3 aromatic rings. The summed E-state index contributed by atoms with van der Waals surface area (Å²) in [6.07, 6.45) is 5.85. The average Bonchev–Trinajstić information content (AvgIpc) is 3.08. The molecule has 3 rings (SSSR count). The Morgan fingerprint density at radius 3 is 2.68 bits per heavy atom. The highest BCUT2D eigenvalue weighted by molar-refractivity contribution is 5.55. The normalized spacial score (nSPS) is 10.2. The van der Waals surface area contributed by atoms with E-state index in [1.54, 1.807) is 19.6 Å². The summed E-state index contributed by atoms with van der Waals surface area (Å²) in [6, 6.07) is 9.33. The van der Waals surface area contributed by atoms with Crippen molar-refractivity contribution in [2.75, 3.05) is 17.7 Å². The maximum atomic E-state index is 5.11. The molecule has 111 valence electrons. The lowest BCUT2D eigenvalue weighted by Gasteiger charge is -2.07. The number of rotatable bonds is 6. The van der Waals surface area contributed by atoms with Gasteiger partial charge in [0.05, 0.1) is 19.6 Å². The lowest BCUT2D eigenvalue weighted by molar-refractivity contribution is 0.415. The van der Waals surface area contributed by atoms with Gasteiger partial charge < -0.3 is 19.8 Å². The van der Waals surface area contributed by atoms with Crippen LogP contribution in [-0.2, 0) is 6.54 Å². The number of hydrogen-bond donors (Lipinski definition) is 2. The van der Waals surface area contributed by atoms with Crippen molar-refractivity contribution in [2.24, 2.45) is 0 Å². The highest BCUT2D eigenvalue weighted by Crippen LogP contribution is 2.17. The van der Waals surface area contributed by atoms with Gasteiger partial charge in [-0.1, -0.05) is 0 Å². The molecule has 0 spiro atoms. The predicted octanol–water partition coefficient (Wildman–Crippen LogP) is 2.63. The zero-order valence-corrected chi connectivity index (χ0v) is 11.9. The van der Waals surface area contributed by atoms with Crippen LogP contribution in [0, 0.1) is 6.33 Å². The second-order valence-electron chi connectivity index (χ2n) is 4.42. The van der Waals surface area contributed by atoms with Crippen LogP contribution in [-0.4, -0.2) is 22.1 Å². The van der Waals surface area contributed by atoms with Crippen LogP contribution in [0.15, 0.2) is 47.3 Å². The summed E-state index contributed by atoms with van der Waals surface area (Å²) >= 11 is 0. The van der Waals surface area contributed by atoms with Gasteiger partial charge in [0.15, 0.2) is 0 Å². The van der Waals surface area contributed by atoms with Crippen LogP contribution >= 0.6 is 0 Å². The van der Waals surface area contributed by atoms with Gasteiger partial charge in [0.2, 0.25) is 18.2 Å². The Bertz CT molecular complexity index is 713. The number of nitrogens with one attached hydrogen (secondary N) is 2. The first kappa shape index (κ1) is 13.9. The van der Waals surface area contributed by atoms with Crippen molar-refractivity contribution in [3.63, 3.8) is 0 Å². The molecule has 0 saturated carbocycles. The Morgan fingerprint density at radius 2 is 1.95 bits per heavy atom. The summed E-state index contributed by atoms with van der Waals surface area (Å²) in [7, 11) is 1.63. The van der Waals surface area contributed by atoms with E-state index in [1.807, 2.05) is 30.3 Å². The number of ether oxygens (including phenoxy) is 1. The summed E-state index contributed by atoms with van der Waals surface area (Å²) in [5.74, 6) is 1.64. The molecule has 7 nitrogen and oxygen atoms in total. The minimum absolute atomic E-state index is 0.412. The Kier molecular flexibility index (Phi) is 4.15. The van der Waals surface area contributed by atoms with E-state index in [-0.39, 0.29) is 0 Å². The molecule has 0 unspecified atom stereocenters. The molecule has 0 bridgehead atoms. The number of aromatic nitrogens is 3. The van der Waals surface area contributed by atoms with Crippen molar-refractivity contribution in [3.8, 4) is 5.75 Å². The number of nitrogens with zero attached hydrogens (tertiary/aromatic N) is 3. The molecule has 0 saturated heterocycles. The number of anilines is 3. The minimum atomic E-state index is 0.412. The first-order chi connectivity index (χ1) is 10.8. The molecule has 0 amide bonds. The lowest BCUT2D eigenvalue weighted by atomic mass is 10.3. The fourth-order valence-electron chi connectivity index (χ4n) is 1.78. The van der Waals surface area contributed by atoms with Crippen LogP contribution in [0.4, 0.5) is 17.6 Å². The fraction of sp³-hybridized carbons (Fsp3) is 0.133. The molecule has 7 heteroatoms. The van der Waals surface area contributed by atoms with E-state index >= 15 is 0 Å². The van der Waals surface area contributed by atoms with E-state index in [0.29, 0.717) is 18.4 Å². The van der Waals surface area contributed by atoms with Gasteiger partial charge in [-0.05, 0) is 30.3 Å². The predicted molar refractivity (Wildman–Crippen MR) is 81.0 cm³/mol. The van der Waals surface area contributed by atoms with Crippen molar-refractivity contribution < 1.29 is 9.15 Å². The molecular formula is C15H14N5O2. The zero-order chi connectivity index (χ0) is 15.2. The Hall–Kier alpha value is -3.09. The van der Waals surface area contributed by atoms with Crippen LogP contribution in [0.2, 0.25) is 0 Å². The summed E-state index contributed by atoms with van der Waals surface area (Å²) in [5, 5.41) is 6.16. The third-order valence-electron chi connectivity index (χ3n) is 2.90. The molecule has 1 radical (unpaired) electrons. The van der Waals surface area contributed by atoms with Crippen LogP contribution in [0.1, 0.15) is 5.56 Å².